The van der Waals surface area contributed by atoms with Gasteiger partial charge < -0.3 is 13.9 Å². The summed E-state index contributed by atoms with van der Waals surface area (Å²) in [5, 5.41) is 5.88. The number of aryl methyl sites for hydroxylation is 2. The molecule has 2 N–H and O–H groups in total. The van der Waals surface area contributed by atoms with Gasteiger partial charge in [-0.1, -0.05) is 12.1 Å². The van der Waals surface area contributed by atoms with E-state index in [0.717, 1.165) is 16.5 Å². The molecular weight excluding hydrogens is 422 g/mol. The van der Waals surface area contributed by atoms with Gasteiger partial charge in [0.05, 0.1) is 4.90 Å². The van der Waals surface area contributed by atoms with E-state index in [1.807, 2.05) is 32.0 Å². The molecule has 0 aliphatic heterocycles. The van der Waals surface area contributed by atoms with E-state index in [-0.39, 0.29) is 31.0 Å². The van der Waals surface area contributed by atoms with Crippen molar-refractivity contribution < 1.29 is 27.1 Å². The Labute approximate surface area is 179 Å². The van der Waals surface area contributed by atoms with Crippen LogP contribution in [0.1, 0.15) is 23.1 Å². The van der Waals surface area contributed by atoms with Crippen molar-refractivity contribution in [2.75, 3.05) is 13.2 Å². The zero-order chi connectivity index (χ0) is 22.6. The molecular formula is C22H23NO7S. The Bertz CT molecular complexity index is 1260. The first kappa shape index (κ1) is 22.5. The highest BCUT2D eigenvalue weighted by molar-refractivity contribution is 7.89. The van der Waals surface area contributed by atoms with Crippen molar-refractivity contribution in [3.8, 4) is 5.75 Å². The van der Waals surface area contributed by atoms with E-state index in [1.165, 1.54) is 24.3 Å². The number of ether oxygens (including phenoxy) is 2. The van der Waals surface area contributed by atoms with E-state index in [4.69, 9.17) is 19.0 Å². The number of sulfonamides is 1. The van der Waals surface area contributed by atoms with E-state index < -0.39 is 21.6 Å². The quantitative estimate of drug-likeness (QED) is 0.321. The molecule has 0 aliphatic rings. The van der Waals surface area contributed by atoms with Gasteiger partial charge in [0.2, 0.25) is 10.0 Å². The Hall–Kier alpha value is -3.17. The molecule has 0 unspecified atom stereocenters. The number of esters is 1. The van der Waals surface area contributed by atoms with Crippen LogP contribution in [0.15, 0.2) is 56.6 Å². The minimum Gasteiger partial charge on any atom is -0.490 e. The Morgan fingerprint density at radius 2 is 1.77 bits per heavy atom. The molecule has 0 saturated heterocycles. The van der Waals surface area contributed by atoms with Crippen molar-refractivity contribution in [3.05, 3.63) is 69.6 Å². The molecule has 0 spiro atoms. The van der Waals surface area contributed by atoms with Gasteiger partial charge in [-0.25, -0.2) is 18.4 Å². The van der Waals surface area contributed by atoms with Crippen molar-refractivity contribution in [2.45, 2.75) is 31.6 Å². The van der Waals surface area contributed by atoms with Crippen LogP contribution in [0.25, 0.3) is 11.0 Å². The highest BCUT2D eigenvalue weighted by Crippen LogP contribution is 2.21. The van der Waals surface area contributed by atoms with Crippen LogP contribution in [0, 0.1) is 13.8 Å². The van der Waals surface area contributed by atoms with Crippen LogP contribution >= 0.6 is 0 Å². The summed E-state index contributed by atoms with van der Waals surface area (Å²) in [6.07, 6.45) is 0.249. The molecule has 1 aromatic heterocycles. The summed E-state index contributed by atoms with van der Waals surface area (Å²) in [5.74, 6) is -0.0425. The van der Waals surface area contributed by atoms with Crippen molar-refractivity contribution in [3.63, 3.8) is 0 Å². The largest absolute Gasteiger partial charge is 0.490 e. The zero-order valence-electron chi connectivity index (χ0n) is 17.2. The van der Waals surface area contributed by atoms with Gasteiger partial charge in [-0.05, 0) is 61.7 Å². The molecule has 1 heterocycles. The van der Waals surface area contributed by atoms with Gasteiger partial charge in [-0.15, -0.1) is 0 Å². The van der Waals surface area contributed by atoms with Gasteiger partial charge in [0, 0.05) is 17.4 Å². The molecule has 8 nitrogen and oxygen atoms in total. The van der Waals surface area contributed by atoms with Crippen LogP contribution in [-0.2, 0) is 26.0 Å². The first-order chi connectivity index (χ1) is 14.6. The summed E-state index contributed by atoms with van der Waals surface area (Å²) in [6.45, 7) is 3.86. The van der Waals surface area contributed by atoms with Gasteiger partial charge in [0.1, 0.15) is 24.5 Å². The van der Waals surface area contributed by atoms with Gasteiger partial charge >= 0.3 is 11.6 Å². The Morgan fingerprint density at radius 3 is 2.45 bits per heavy atom. The summed E-state index contributed by atoms with van der Waals surface area (Å²) >= 11 is 0. The Morgan fingerprint density at radius 1 is 1.06 bits per heavy atom. The number of carbonyl (C=O) groups is 1. The van der Waals surface area contributed by atoms with Crippen LogP contribution in [0.2, 0.25) is 0 Å². The predicted octanol–water partition coefficient (Wildman–Crippen LogP) is 2.61. The molecule has 0 radical (unpaired) electrons. The molecule has 2 aromatic carbocycles. The molecule has 0 amide bonds. The van der Waals surface area contributed by atoms with Crippen molar-refractivity contribution in [1.82, 2.24) is 0 Å². The molecule has 3 rings (SSSR count). The second kappa shape index (κ2) is 9.32. The van der Waals surface area contributed by atoms with Crippen molar-refractivity contribution in [2.24, 2.45) is 5.14 Å². The highest BCUT2D eigenvalue weighted by atomic mass is 32.2. The lowest BCUT2D eigenvalue weighted by Crippen LogP contribution is -2.16. The van der Waals surface area contributed by atoms with Gasteiger partial charge in [-0.2, -0.15) is 0 Å². The zero-order valence-corrected chi connectivity index (χ0v) is 18.0. The predicted molar refractivity (Wildman–Crippen MR) is 115 cm³/mol. The van der Waals surface area contributed by atoms with Crippen molar-refractivity contribution >= 4 is 27.0 Å². The summed E-state index contributed by atoms with van der Waals surface area (Å²) in [5.41, 5.74) is 2.33. The van der Waals surface area contributed by atoms with Crippen LogP contribution in [0.4, 0.5) is 0 Å². The fourth-order valence-corrected chi connectivity index (χ4v) is 3.65. The molecule has 31 heavy (non-hydrogen) atoms. The lowest BCUT2D eigenvalue weighted by atomic mass is 10.0. The SMILES string of the molecule is Cc1ccc2c(C)c(CCC(=O)OCCOc3ccc(S(N)(=O)=O)cc3)c(=O)oc2c1. The van der Waals surface area contributed by atoms with Crippen molar-refractivity contribution in [1.29, 1.82) is 0 Å². The topological polar surface area (TPSA) is 126 Å². The molecule has 3 aromatic rings. The first-order valence-electron chi connectivity index (χ1n) is 9.59. The van der Waals surface area contributed by atoms with E-state index in [2.05, 4.69) is 0 Å². The number of primary sulfonamides is 1. The average molecular weight is 445 g/mol. The maximum atomic E-state index is 12.3. The van der Waals surface area contributed by atoms with E-state index in [1.54, 1.807) is 0 Å². The van der Waals surface area contributed by atoms with Crippen LogP contribution < -0.4 is 15.5 Å². The number of hydrogen-bond donors (Lipinski definition) is 1. The maximum Gasteiger partial charge on any atom is 0.339 e. The third kappa shape index (κ3) is 5.71. The minimum absolute atomic E-state index is 0.0142. The summed E-state index contributed by atoms with van der Waals surface area (Å²) in [6, 6.07) is 11.2. The monoisotopic (exact) mass is 445 g/mol. The fraction of sp³-hybridized carbons (Fsp3) is 0.273. The number of rotatable bonds is 8. The third-order valence-electron chi connectivity index (χ3n) is 4.79. The van der Waals surface area contributed by atoms with E-state index >= 15 is 0 Å². The fourth-order valence-electron chi connectivity index (χ4n) is 3.13. The van der Waals surface area contributed by atoms with E-state index in [0.29, 0.717) is 16.9 Å². The lowest BCUT2D eigenvalue weighted by Gasteiger charge is -2.09. The lowest BCUT2D eigenvalue weighted by molar-refractivity contribution is -0.144. The molecule has 0 saturated carbocycles. The minimum atomic E-state index is -3.76. The summed E-state index contributed by atoms with van der Waals surface area (Å²) in [4.78, 5) is 24.3. The maximum absolute atomic E-state index is 12.3. The van der Waals surface area contributed by atoms with E-state index in [9.17, 15) is 18.0 Å². The number of hydrogen-bond acceptors (Lipinski definition) is 7. The van der Waals surface area contributed by atoms with Gasteiger partial charge in [0.15, 0.2) is 0 Å². The number of fused-ring (bicyclic) bond motifs is 1. The Balaban J connectivity index is 1.50. The molecule has 0 atom stereocenters. The van der Waals surface area contributed by atoms with Crippen LogP contribution in [0.3, 0.4) is 0 Å². The van der Waals surface area contributed by atoms with Gasteiger partial charge in [-0.3, -0.25) is 4.79 Å². The second-order valence-corrected chi connectivity index (χ2v) is 8.64. The Kier molecular flexibility index (Phi) is 6.77. The van der Waals surface area contributed by atoms with Crippen LogP contribution in [0.5, 0.6) is 5.75 Å². The van der Waals surface area contributed by atoms with Crippen LogP contribution in [-0.4, -0.2) is 27.6 Å². The smallest absolute Gasteiger partial charge is 0.339 e. The third-order valence-corrected chi connectivity index (χ3v) is 5.72. The number of nitrogens with two attached hydrogens (primary N) is 1. The van der Waals surface area contributed by atoms with Gasteiger partial charge in [0.25, 0.3) is 0 Å². The molecule has 9 heteroatoms. The molecule has 164 valence electrons. The summed E-state index contributed by atoms with van der Waals surface area (Å²) in [7, 11) is -3.76. The number of carbonyl (C=O) groups excluding carboxylic acids is 1. The normalized spacial score (nSPS) is 11.5. The summed E-state index contributed by atoms with van der Waals surface area (Å²) < 4.78 is 38.4. The second-order valence-electron chi connectivity index (χ2n) is 7.08. The molecule has 0 aliphatic carbocycles. The highest BCUT2D eigenvalue weighted by Gasteiger charge is 2.14. The standard InChI is InChI=1S/C22H23NO7S/c1-14-3-8-18-15(2)19(22(25)30-20(18)13-14)9-10-21(24)29-12-11-28-16-4-6-17(7-5-16)31(23,26)27/h3-8,13H,9-12H2,1-2H3,(H2,23,26,27). The molecule has 0 fully saturated rings. The number of benzene rings is 2. The molecule has 0 bridgehead atoms. The first-order valence-corrected chi connectivity index (χ1v) is 11.1. The average Bonchev–Trinajstić information content (AvgIpc) is 2.70.